The molecule has 1 aliphatic carbocycles. The first kappa shape index (κ1) is 20.5. The van der Waals surface area contributed by atoms with Gasteiger partial charge in [0.05, 0.1) is 10.6 Å². The van der Waals surface area contributed by atoms with Gasteiger partial charge >= 0.3 is 5.97 Å². The van der Waals surface area contributed by atoms with E-state index in [0.717, 1.165) is 31.9 Å². The van der Waals surface area contributed by atoms with E-state index in [1.54, 1.807) is 12.1 Å². The molecule has 150 valence electrons. The number of sulfone groups is 1. The van der Waals surface area contributed by atoms with E-state index in [1.165, 1.54) is 33.9 Å². The van der Waals surface area contributed by atoms with E-state index in [9.17, 15) is 18.0 Å². The summed E-state index contributed by atoms with van der Waals surface area (Å²) in [6, 6.07) is 7.98. The fraction of sp³-hybridized carbons (Fsp3) is 0.400. The number of rotatable bonds is 6. The van der Waals surface area contributed by atoms with Gasteiger partial charge in [0.15, 0.2) is 16.4 Å². The number of benzene rings is 1. The van der Waals surface area contributed by atoms with Crippen molar-refractivity contribution in [2.24, 2.45) is 5.92 Å². The first-order chi connectivity index (χ1) is 13.3. The molecule has 3 rings (SSSR count). The normalized spacial score (nSPS) is 16.3. The lowest BCUT2D eigenvalue weighted by Gasteiger charge is -2.19. The van der Waals surface area contributed by atoms with Crippen LogP contribution in [-0.2, 0) is 32.2 Å². The summed E-state index contributed by atoms with van der Waals surface area (Å²) in [5.74, 6) is -0.456. The lowest BCUT2D eigenvalue weighted by molar-refractivity contribution is -0.119. The molecule has 0 saturated heterocycles. The van der Waals surface area contributed by atoms with E-state index in [-0.39, 0.29) is 10.6 Å². The van der Waals surface area contributed by atoms with Crippen molar-refractivity contribution in [3.8, 4) is 0 Å². The molecule has 1 amide bonds. The van der Waals surface area contributed by atoms with Gasteiger partial charge in [0.2, 0.25) is 0 Å². The molecule has 0 fully saturated rings. The van der Waals surface area contributed by atoms with Crippen molar-refractivity contribution in [3.63, 3.8) is 0 Å². The molecule has 1 aromatic heterocycles. The van der Waals surface area contributed by atoms with Crippen molar-refractivity contribution >= 4 is 38.7 Å². The van der Waals surface area contributed by atoms with E-state index in [1.807, 2.05) is 6.07 Å². The second-order valence-corrected chi connectivity index (χ2v) is 10.1. The molecule has 28 heavy (non-hydrogen) atoms. The van der Waals surface area contributed by atoms with E-state index in [2.05, 4.69) is 12.2 Å². The second-order valence-electron chi connectivity index (χ2n) is 6.97. The van der Waals surface area contributed by atoms with Gasteiger partial charge in [0.1, 0.15) is 4.88 Å². The molecule has 1 N–H and O–H groups in total. The number of fused-ring (bicyclic) bond motifs is 1. The molecule has 8 heteroatoms. The van der Waals surface area contributed by atoms with Gasteiger partial charge in [0.25, 0.3) is 5.91 Å². The summed E-state index contributed by atoms with van der Waals surface area (Å²) >= 11 is 1.43. The van der Waals surface area contributed by atoms with Crippen LogP contribution in [0.1, 0.15) is 39.9 Å². The number of thiophene rings is 1. The minimum atomic E-state index is -3.48. The van der Waals surface area contributed by atoms with E-state index >= 15 is 0 Å². The first-order valence-corrected chi connectivity index (χ1v) is 11.9. The molecule has 0 saturated carbocycles. The zero-order valence-electron chi connectivity index (χ0n) is 15.9. The lowest BCUT2D eigenvalue weighted by atomic mass is 9.87. The van der Waals surface area contributed by atoms with Gasteiger partial charge in [-0.2, -0.15) is 0 Å². The molecule has 1 heterocycles. The third-order valence-corrected chi connectivity index (χ3v) is 7.23. The van der Waals surface area contributed by atoms with Crippen molar-refractivity contribution in [2.75, 3.05) is 18.2 Å². The Labute approximate surface area is 168 Å². The Hall–Kier alpha value is -2.19. The number of carbonyl (C=O) groups is 2. The van der Waals surface area contributed by atoms with Crippen molar-refractivity contribution in [3.05, 3.63) is 45.6 Å². The third kappa shape index (κ3) is 4.80. The molecule has 1 aliphatic rings. The Balaban J connectivity index is 1.60. The number of nitrogens with one attached hydrogen (secondary N) is 1. The van der Waals surface area contributed by atoms with Crippen LogP contribution >= 0.6 is 11.3 Å². The van der Waals surface area contributed by atoms with E-state index in [0.29, 0.717) is 10.8 Å². The Bertz CT molecular complexity index is 994. The van der Waals surface area contributed by atoms with Crippen LogP contribution in [0.3, 0.4) is 0 Å². The minimum absolute atomic E-state index is 0.0195. The van der Waals surface area contributed by atoms with Crippen molar-refractivity contribution in [2.45, 2.75) is 37.5 Å². The SMILES string of the molecule is CC[C@H]1CCc2sc(C(=O)OCC(=O)Nc3ccccc3S(C)(=O)=O)cc2C1. The summed E-state index contributed by atoms with van der Waals surface area (Å²) in [6.07, 6.45) is 5.30. The standard InChI is InChI=1S/C20H23NO5S2/c1-3-13-8-9-16-14(10-13)11-17(27-16)20(23)26-12-19(22)21-15-6-4-5-7-18(15)28(2,24)25/h4-7,11,13H,3,8-10,12H2,1-2H3,(H,21,22)/t13-/m0/s1. The summed E-state index contributed by atoms with van der Waals surface area (Å²) in [6.45, 7) is 1.70. The topological polar surface area (TPSA) is 89.5 Å². The summed E-state index contributed by atoms with van der Waals surface area (Å²) in [5.41, 5.74) is 1.38. The Morgan fingerprint density at radius 1 is 1.29 bits per heavy atom. The van der Waals surface area contributed by atoms with Gasteiger partial charge in [0, 0.05) is 11.1 Å². The predicted molar refractivity (Wildman–Crippen MR) is 109 cm³/mol. The molecule has 0 radical (unpaired) electrons. The van der Waals surface area contributed by atoms with E-state index < -0.39 is 28.3 Å². The van der Waals surface area contributed by atoms with Crippen LogP contribution in [0, 0.1) is 5.92 Å². The van der Waals surface area contributed by atoms with Crippen LogP contribution in [-0.4, -0.2) is 33.2 Å². The highest BCUT2D eigenvalue weighted by Gasteiger charge is 2.23. The van der Waals surface area contributed by atoms with Gasteiger partial charge in [-0.1, -0.05) is 25.5 Å². The number of amides is 1. The molecule has 2 aromatic rings. The van der Waals surface area contributed by atoms with Crippen LogP contribution in [0.15, 0.2) is 35.2 Å². The highest BCUT2D eigenvalue weighted by atomic mass is 32.2. The van der Waals surface area contributed by atoms with Gasteiger partial charge in [-0.15, -0.1) is 11.3 Å². The lowest BCUT2D eigenvalue weighted by Crippen LogP contribution is -2.21. The number of hydrogen-bond acceptors (Lipinski definition) is 6. The van der Waals surface area contributed by atoms with Crippen molar-refractivity contribution < 1.29 is 22.7 Å². The monoisotopic (exact) mass is 421 g/mol. The number of carbonyl (C=O) groups excluding carboxylic acids is 2. The third-order valence-electron chi connectivity index (χ3n) is 4.86. The van der Waals surface area contributed by atoms with Gasteiger partial charge in [-0.25, -0.2) is 13.2 Å². The van der Waals surface area contributed by atoms with Crippen molar-refractivity contribution in [1.29, 1.82) is 0 Å². The number of esters is 1. The zero-order chi connectivity index (χ0) is 20.3. The molecular weight excluding hydrogens is 398 g/mol. The summed E-state index contributed by atoms with van der Waals surface area (Å²) in [5, 5.41) is 2.49. The largest absolute Gasteiger partial charge is 0.451 e. The smallest absolute Gasteiger partial charge is 0.348 e. The van der Waals surface area contributed by atoms with Crippen LogP contribution in [0.25, 0.3) is 0 Å². The number of anilines is 1. The predicted octanol–water partition coefficient (Wildman–Crippen LogP) is 3.46. The molecule has 0 bridgehead atoms. The van der Waals surface area contributed by atoms with Gasteiger partial charge in [-0.3, -0.25) is 4.79 Å². The Morgan fingerprint density at radius 2 is 2.04 bits per heavy atom. The van der Waals surface area contributed by atoms with Crippen LogP contribution in [0.2, 0.25) is 0 Å². The zero-order valence-corrected chi connectivity index (χ0v) is 17.5. The van der Waals surface area contributed by atoms with Gasteiger partial charge < -0.3 is 10.1 Å². The Morgan fingerprint density at radius 3 is 2.75 bits per heavy atom. The highest BCUT2D eigenvalue weighted by molar-refractivity contribution is 7.90. The molecule has 1 aromatic carbocycles. The first-order valence-electron chi connectivity index (χ1n) is 9.15. The Kier molecular flexibility index (Phi) is 6.20. The van der Waals surface area contributed by atoms with Crippen LogP contribution < -0.4 is 5.32 Å². The fourth-order valence-corrected chi connectivity index (χ4v) is 5.28. The van der Waals surface area contributed by atoms with Crippen molar-refractivity contribution in [1.82, 2.24) is 0 Å². The maximum atomic E-state index is 12.3. The van der Waals surface area contributed by atoms with Crippen LogP contribution in [0.5, 0.6) is 0 Å². The molecule has 0 spiro atoms. The maximum Gasteiger partial charge on any atom is 0.348 e. The summed E-state index contributed by atoms with van der Waals surface area (Å²) < 4.78 is 28.7. The number of ether oxygens (including phenoxy) is 1. The van der Waals surface area contributed by atoms with Gasteiger partial charge in [-0.05, 0) is 48.9 Å². The average Bonchev–Trinajstić information content (AvgIpc) is 3.09. The molecule has 0 aliphatic heterocycles. The average molecular weight is 422 g/mol. The summed E-state index contributed by atoms with van der Waals surface area (Å²) in [4.78, 5) is 26.2. The quantitative estimate of drug-likeness (QED) is 0.722. The summed E-state index contributed by atoms with van der Waals surface area (Å²) in [7, 11) is -3.48. The molecule has 6 nitrogen and oxygen atoms in total. The number of aryl methyl sites for hydroxylation is 1. The molecule has 1 atom stereocenters. The number of hydrogen-bond donors (Lipinski definition) is 1. The minimum Gasteiger partial charge on any atom is -0.451 e. The fourth-order valence-electron chi connectivity index (χ4n) is 3.33. The van der Waals surface area contributed by atoms with Crippen LogP contribution in [0.4, 0.5) is 5.69 Å². The second kappa shape index (κ2) is 8.45. The maximum absolute atomic E-state index is 12.3. The van der Waals surface area contributed by atoms with E-state index in [4.69, 9.17) is 4.74 Å². The molecule has 0 unspecified atom stereocenters. The number of para-hydroxylation sites is 1. The molecular formula is C20H23NO5S2. The highest BCUT2D eigenvalue weighted by Crippen LogP contribution is 2.33.